The molecule has 1 aliphatic heterocycles. The van der Waals surface area contributed by atoms with Crippen molar-refractivity contribution in [3.8, 4) is 0 Å². The van der Waals surface area contributed by atoms with Gasteiger partial charge in [-0.2, -0.15) is 0 Å². The van der Waals surface area contributed by atoms with Crippen LogP contribution in [0.2, 0.25) is 0 Å². The highest BCUT2D eigenvalue weighted by molar-refractivity contribution is 5.87. The summed E-state index contributed by atoms with van der Waals surface area (Å²) in [6, 6.07) is 7.89. The Balaban J connectivity index is 1.84. The summed E-state index contributed by atoms with van der Waals surface area (Å²) in [5.74, 6) is -0.862. The number of carbonyl (C=O) groups is 1. The van der Waals surface area contributed by atoms with E-state index in [2.05, 4.69) is 23.6 Å². The third-order valence-electron chi connectivity index (χ3n) is 4.23. The number of hydrogen-bond donors (Lipinski definition) is 1. The van der Waals surface area contributed by atoms with Crippen LogP contribution in [0.1, 0.15) is 36.2 Å². The summed E-state index contributed by atoms with van der Waals surface area (Å²) < 4.78 is 0. The summed E-state index contributed by atoms with van der Waals surface area (Å²) in [6.07, 6.45) is 1.21. The molecule has 1 saturated heterocycles. The molecular weight excluding hydrogens is 252 g/mol. The molecule has 0 amide bonds. The Bertz CT molecular complexity index is 436. The summed E-state index contributed by atoms with van der Waals surface area (Å²) in [5, 5.41) is 8.89. The predicted molar refractivity (Wildman–Crippen MR) is 80.0 cm³/mol. The summed E-state index contributed by atoms with van der Waals surface area (Å²) in [4.78, 5) is 15.8. The van der Waals surface area contributed by atoms with Gasteiger partial charge in [0, 0.05) is 38.8 Å². The van der Waals surface area contributed by atoms with Crippen molar-refractivity contribution < 1.29 is 9.90 Å². The molecule has 1 unspecified atom stereocenters. The van der Waals surface area contributed by atoms with E-state index in [1.54, 1.807) is 12.1 Å². The Labute approximate surface area is 121 Å². The van der Waals surface area contributed by atoms with Gasteiger partial charge in [-0.1, -0.05) is 19.1 Å². The second-order valence-corrected chi connectivity index (χ2v) is 5.57. The quantitative estimate of drug-likeness (QED) is 0.896. The van der Waals surface area contributed by atoms with Gasteiger partial charge in [0.25, 0.3) is 0 Å². The molecule has 2 rings (SSSR count). The maximum absolute atomic E-state index is 10.8. The highest BCUT2D eigenvalue weighted by atomic mass is 16.4. The fourth-order valence-corrected chi connectivity index (χ4v) is 2.63. The molecule has 1 N–H and O–H groups in total. The average molecular weight is 276 g/mol. The van der Waals surface area contributed by atoms with Crippen molar-refractivity contribution in [3.05, 3.63) is 35.4 Å². The second kappa shape index (κ2) is 6.86. The average Bonchev–Trinajstić information content (AvgIpc) is 2.48. The zero-order valence-electron chi connectivity index (χ0n) is 12.4. The van der Waals surface area contributed by atoms with Crippen molar-refractivity contribution in [2.75, 3.05) is 26.2 Å². The van der Waals surface area contributed by atoms with Gasteiger partial charge in [-0.05, 0) is 31.0 Å². The Kier molecular flexibility index (Phi) is 5.15. The van der Waals surface area contributed by atoms with Gasteiger partial charge in [-0.3, -0.25) is 9.80 Å². The minimum atomic E-state index is -0.862. The third kappa shape index (κ3) is 3.81. The Morgan fingerprint density at radius 2 is 1.80 bits per heavy atom. The first-order chi connectivity index (χ1) is 9.60. The van der Waals surface area contributed by atoms with E-state index >= 15 is 0 Å². The number of hydrogen-bond acceptors (Lipinski definition) is 3. The minimum Gasteiger partial charge on any atom is -0.478 e. The number of piperazine rings is 1. The maximum Gasteiger partial charge on any atom is 0.335 e. The van der Waals surface area contributed by atoms with Crippen molar-refractivity contribution in [1.82, 2.24) is 9.80 Å². The lowest BCUT2D eigenvalue weighted by molar-refractivity contribution is 0.0697. The van der Waals surface area contributed by atoms with Gasteiger partial charge >= 0.3 is 5.97 Å². The lowest BCUT2D eigenvalue weighted by atomic mass is 10.1. The molecule has 1 fully saturated rings. The Morgan fingerprint density at radius 3 is 2.30 bits per heavy atom. The normalized spacial score (nSPS) is 18.9. The molecule has 1 aromatic carbocycles. The molecule has 110 valence electrons. The summed E-state index contributed by atoms with van der Waals surface area (Å²) in [7, 11) is 0. The molecule has 1 aliphatic rings. The van der Waals surface area contributed by atoms with E-state index in [4.69, 9.17) is 5.11 Å². The van der Waals surface area contributed by atoms with Gasteiger partial charge in [-0.25, -0.2) is 4.79 Å². The molecule has 1 heterocycles. The van der Waals surface area contributed by atoms with Crippen LogP contribution in [0.25, 0.3) is 0 Å². The number of benzene rings is 1. The topological polar surface area (TPSA) is 43.8 Å². The summed E-state index contributed by atoms with van der Waals surface area (Å²) >= 11 is 0. The highest BCUT2D eigenvalue weighted by Gasteiger charge is 2.19. The molecule has 0 spiro atoms. The van der Waals surface area contributed by atoms with E-state index < -0.39 is 5.97 Å². The molecule has 0 radical (unpaired) electrons. The number of carboxylic acid groups (broad SMARTS) is 1. The zero-order valence-corrected chi connectivity index (χ0v) is 12.4. The molecule has 4 heteroatoms. The largest absolute Gasteiger partial charge is 0.478 e. The first kappa shape index (κ1) is 15.0. The Morgan fingerprint density at radius 1 is 1.20 bits per heavy atom. The molecule has 1 aromatic rings. The van der Waals surface area contributed by atoms with Crippen molar-refractivity contribution >= 4 is 5.97 Å². The number of rotatable bonds is 5. The van der Waals surface area contributed by atoms with Crippen LogP contribution < -0.4 is 0 Å². The van der Waals surface area contributed by atoms with Crippen molar-refractivity contribution in [2.45, 2.75) is 32.9 Å². The smallest absolute Gasteiger partial charge is 0.335 e. The predicted octanol–water partition coefficient (Wildman–Crippen LogP) is 2.30. The lowest BCUT2D eigenvalue weighted by Crippen LogP contribution is -2.48. The van der Waals surface area contributed by atoms with Gasteiger partial charge in [-0.15, -0.1) is 0 Å². The van der Waals surface area contributed by atoms with Crippen LogP contribution in [-0.4, -0.2) is 53.1 Å². The fraction of sp³-hybridized carbons (Fsp3) is 0.562. The van der Waals surface area contributed by atoms with E-state index in [0.29, 0.717) is 11.6 Å². The van der Waals surface area contributed by atoms with Crippen LogP contribution in [0, 0.1) is 0 Å². The second-order valence-electron chi connectivity index (χ2n) is 5.57. The van der Waals surface area contributed by atoms with Crippen molar-refractivity contribution in [3.63, 3.8) is 0 Å². The minimum absolute atomic E-state index is 0.357. The van der Waals surface area contributed by atoms with Crippen molar-refractivity contribution in [1.29, 1.82) is 0 Å². The van der Waals surface area contributed by atoms with Crippen LogP contribution in [0.5, 0.6) is 0 Å². The standard InChI is InChI=1S/C16H24N2O2/c1-3-13(2)18-10-8-17(9-11-18)12-14-4-6-15(7-5-14)16(19)20/h4-7,13H,3,8-12H2,1-2H3,(H,19,20). The third-order valence-corrected chi connectivity index (χ3v) is 4.23. The van der Waals surface area contributed by atoms with Crippen LogP contribution in [0.15, 0.2) is 24.3 Å². The van der Waals surface area contributed by atoms with Gasteiger partial charge in [0.15, 0.2) is 0 Å². The summed E-state index contributed by atoms with van der Waals surface area (Å²) in [5.41, 5.74) is 1.54. The molecule has 4 nitrogen and oxygen atoms in total. The molecule has 0 aromatic heterocycles. The van der Waals surface area contributed by atoms with E-state index in [1.807, 2.05) is 12.1 Å². The zero-order chi connectivity index (χ0) is 14.5. The first-order valence-electron chi connectivity index (χ1n) is 7.38. The van der Waals surface area contributed by atoms with Gasteiger partial charge in [0.1, 0.15) is 0 Å². The van der Waals surface area contributed by atoms with Crippen LogP contribution in [0.4, 0.5) is 0 Å². The van der Waals surface area contributed by atoms with Crippen LogP contribution >= 0.6 is 0 Å². The summed E-state index contributed by atoms with van der Waals surface area (Å²) in [6.45, 7) is 9.87. The van der Waals surface area contributed by atoms with Gasteiger partial charge < -0.3 is 5.11 Å². The highest BCUT2D eigenvalue weighted by Crippen LogP contribution is 2.12. The van der Waals surface area contributed by atoms with E-state index in [-0.39, 0.29) is 0 Å². The van der Waals surface area contributed by atoms with E-state index in [9.17, 15) is 4.79 Å². The monoisotopic (exact) mass is 276 g/mol. The lowest BCUT2D eigenvalue weighted by Gasteiger charge is -2.37. The number of nitrogens with zero attached hydrogens (tertiary/aromatic N) is 2. The molecule has 0 aliphatic carbocycles. The van der Waals surface area contributed by atoms with E-state index in [0.717, 1.165) is 32.7 Å². The van der Waals surface area contributed by atoms with Crippen molar-refractivity contribution in [2.24, 2.45) is 0 Å². The van der Waals surface area contributed by atoms with E-state index in [1.165, 1.54) is 12.0 Å². The fourth-order valence-electron chi connectivity index (χ4n) is 2.63. The number of carboxylic acids is 1. The first-order valence-corrected chi connectivity index (χ1v) is 7.38. The number of aromatic carboxylic acids is 1. The molecule has 0 bridgehead atoms. The molecular formula is C16H24N2O2. The van der Waals surface area contributed by atoms with Gasteiger partial charge in [0.05, 0.1) is 5.56 Å². The molecule has 20 heavy (non-hydrogen) atoms. The van der Waals surface area contributed by atoms with Gasteiger partial charge in [0.2, 0.25) is 0 Å². The van der Waals surface area contributed by atoms with Crippen LogP contribution in [0.3, 0.4) is 0 Å². The maximum atomic E-state index is 10.8. The SMILES string of the molecule is CCC(C)N1CCN(Cc2ccc(C(=O)O)cc2)CC1. The molecule has 0 saturated carbocycles. The Hall–Kier alpha value is -1.39. The molecule has 1 atom stereocenters. The van der Waals surface area contributed by atoms with Crippen LogP contribution in [-0.2, 0) is 6.54 Å².